The molecule has 2 radical (unpaired) electrons. The summed E-state index contributed by atoms with van der Waals surface area (Å²) in [7, 11) is -0.457. The van der Waals surface area contributed by atoms with Crippen LogP contribution in [0, 0.1) is 0 Å². The highest BCUT2D eigenvalue weighted by molar-refractivity contribution is 6.56. The number of halogens is 1. The zero-order chi connectivity index (χ0) is 6.41. The van der Waals surface area contributed by atoms with Gasteiger partial charge in [-0.2, -0.15) is 0 Å². The van der Waals surface area contributed by atoms with Gasteiger partial charge in [0.15, 0.2) is 9.04 Å². The minimum Gasteiger partial charge on any atom is -0.459 e. The molecule has 0 aliphatic rings. The molecule has 0 spiro atoms. The van der Waals surface area contributed by atoms with Gasteiger partial charge >= 0.3 is 0 Å². The van der Waals surface area contributed by atoms with E-state index in [4.69, 9.17) is 4.12 Å². The Morgan fingerprint density at radius 3 is 2.62 bits per heavy atom. The number of alkyl halides is 1. The van der Waals surface area contributed by atoms with Gasteiger partial charge < -0.3 is 4.12 Å². The van der Waals surface area contributed by atoms with Gasteiger partial charge in [0, 0.05) is 0 Å². The summed E-state index contributed by atoms with van der Waals surface area (Å²) in [6, 6.07) is 0.588. The van der Waals surface area contributed by atoms with Crippen molar-refractivity contribution in [2.75, 3.05) is 6.67 Å². The first-order chi connectivity index (χ1) is 3.77. The van der Waals surface area contributed by atoms with Crippen LogP contribution in [0.1, 0.15) is 0 Å². The molecule has 0 bridgehead atoms. The van der Waals surface area contributed by atoms with Gasteiger partial charge in [-0.3, -0.25) is 4.39 Å². The molecule has 0 atom stereocenters. The summed E-state index contributed by atoms with van der Waals surface area (Å²) >= 11 is 0. The predicted molar refractivity (Wildman–Crippen MR) is 36.5 cm³/mol. The van der Waals surface area contributed by atoms with Crippen LogP contribution in [0.5, 0.6) is 0 Å². The van der Waals surface area contributed by atoms with E-state index in [0.717, 1.165) is 0 Å². The summed E-state index contributed by atoms with van der Waals surface area (Å²) in [4.78, 5) is 0. The van der Waals surface area contributed by atoms with Crippen molar-refractivity contribution >= 4 is 18.8 Å². The second kappa shape index (κ2) is 5.46. The van der Waals surface area contributed by atoms with Crippen LogP contribution in [0.2, 0.25) is 19.1 Å². The molecule has 0 fully saturated rings. The Kier molecular flexibility index (Phi) is 5.68. The van der Waals surface area contributed by atoms with Crippen molar-refractivity contribution in [2.24, 2.45) is 0 Å². The molecule has 48 valence electrons. The number of hydrogen-bond acceptors (Lipinski definition) is 1. The van der Waals surface area contributed by atoms with Crippen molar-refractivity contribution in [1.29, 1.82) is 0 Å². The van der Waals surface area contributed by atoms with E-state index in [1.54, 1.807) is 0 Å². The molecule has 0 saturated carbocycles. The normalized spacial score (nSPS) is 10.5. The predicted octanol–water partition coefficient (Wildman–Crippen LogP) is 0.993. The van der Waals surface area contributed by atoms with Gasteiger partial charge in [0.05, 0.1) is 6.67 Å². The average molecular weight is 150 g/mol. The summed E-state index contributed by atoms with van der Waals surface area (Å²) in [5.41, 5.74) is 0. The van der Waals surface area contributed by atoms with Crippen LogP contribution in [0.15, 0.2) is 0 Å². The van der Waals surface area contributed by atoms with E-state index >= 15 is 0 Å². The first-order valence-corrected chi connectivity index (χ1v) is 6.61. The Bertz CT molecular complexity index is 51.3. The van der Waals surface area contributed by atoms with Crippen molar-refractivity contribution in [1.82, 2.24) is 0 Å². The summed E-state index contributed by atoms with van der Waals surface area (Å²) in [6.07, 6.45) is 0. The lowest BCUT2D eigenvalue weighted by Gasteiger charge is -2.01. The molecule has 0 amide bonds. The molecule has 0 rings (SSSR count). The van der Waals surface area contributed by atoms with E-state index in [2.05, 4.69) is 13.1 Å². The minimum absolute atomic E-state index is 0.237. The third-order valence-corrected chi connectivity index (χ3v) is 3.46. The molecule has 0 aromatic carbocycles. The van der Waals surface area contributed by atoms with Crippen LogP contribution in [0.4, 0.5) is 4.39 Å². The average Bonchev–Trinajstić information content (AvgIpc) is 1.66. The lowest BCUT2D eigenvalue weighted by Crippen LogP contribution is -2.11. The molecule has 0 aromatic rings. The highest BCUT2D eigenvalue weighted by Gasteiger charge is 1.94. The van der Waals surface area contributed by atoms with E-state index in [-0.39, 0.29) is 6.67 Å². The second-order valence-corrected chi connectivity index (χ2v) is 5.58. The van der Waals surface area contributed by atoms with Crippen LogP contribution in [0.25, 0.3) is 0 Å². The second-order valence-electron chi connectivity index (χ2n) is 1.75. The van der Waals surface area contributed by atoms with Crippen molar-refractivity contribution in [3.63, 3.8) is 0 Å². The van der Waals surface area contributed by atoms with Crippen molar-refractivity contribution in [2.45, 2.75) is 19.1 Å². The third kappa shape index (κ3) is 6.32. The Morgan fingerprint density at radius 1 is 1.62 bits per heavy atom. The maximum absolute atomic E-state index is 11.4. The maximum Gasteiger partial charge on any atom is 0.217 e. The highest BCUT2D eigenvalue weighted by Crippen LogP contribution is 1.85. The Morgan fingerprint density at radius 2 is 2.25 bits per heavy atom. The molecular formula is C4H11FOSi2. The van der Waals surface area contributed by atoms with E-state index < -0.39 is 9.04 Å². The maximum atomic E-state index is 11.4. The van der Waals surface area contributed by atoms with E-state index in [0.29, 0.717) is 15.8 Å². The SMILES string of the molecule is C[SiH](C)O[Si]CCF. The fraction of sp³-hybridized carbons (Fsp3) is 1.00. The standard InChI is InChI=1S/C4H11FOSi2/c1-8(2)6-7-4-3-5/h8H,3-4H2,1-2H3. The topological polar surface area (TPSA) is 9.23 Å². The molecular weight excluding hydrogens is 139 g/mol. The summed E-state index contributed by atoms with van der Waals surface area (Å²) in [6.45, 7) is 3.94. The smallest absolute Gasteiger partial charge is 0.217 e. The molecule has 0 aromatic heterocycles. The van der Waals surface area contributed by atoms with Crippen molar-refractivity contribution in [3.8, 4) is 0 Å². The van der Waals surface area contributed by atoms with Crippen LogP contribution in [-0.4, -0.2) is 25.5 Å². The molecule has 0 heterocycles. The van der Waals surface area contributed by atoms with Gasteiger partial charge in [0.25, 0.3) is 0 Å². The molecule has 0 N–H and O–H groups in total. The Hall–Kier alpha value is 0.324. The number of rotatable bonds is 4. The van der Waals surface area contributed by atoms with Crippen LogP contribution in [0.3, 0.4) is 0 Å². The van der Waals surface area contributed by atoms with Gasteiger partial charge in [0.1, 0.15) is 0 Å². The zero-order valence-electron chi connectivity index (χ0n) is 5.28. The van der Waals surface area contributed by atoms with Gasteiger partial charge in [-0.1, -0.05) is 0 Å². The van der Waals surface area contributed by atoms with E-state index in [1.165, 1.54) is 0 Å². The van der Waals surface area contributed by atoms with E-state index in [9.17, 15) is 4.39 Å². The van der Waals surface area contributed by atoms with Gasteiger partial charge in [-0.25, -0.2) is 0 Å². The minimum atomic E-state index is -0.856. The van der Waals surface area contributed by atoms with E-state index in [1.807, 2.05) is 0 Å². The van der Waals surface area contributed by atoms with Gasteiger partial charge in [0.2, 0.25) is 9.76 Å². The molecule has 0 saturated heterocycles. The Labute approximate surface area is 53.9 Å². The monoisotopic (exact) mass is 150 g/mol. The van der Waals surface area contributed by atoms with Gasteiger partial charge in [-0.05, 0) is 19.1 Å². The van der Waals surface area contributed by atoms with Crippen molar-refractivity contribution < 1.29 is 8.51 Å². The lowest BCUT2D eigenvalue weighted by atomic mass is 10.9. The fourth-order valence-corrected chi connectivity index (χ4v) is 2.15. The Balaban J connectivity index is 2.72. The van der Waals surface area contributed by atoms with Gasteiger partial charge in [-0.15, -0.1) is 0 Å². The summed E-state index contributed by atoms with van der Waals surface area (Å²) in [5.74, 6) is 0. The molecule has 8 heavy (non-hydrogen) atoms. The molecule has 0 aliphatic carbocycles. The number of hydrogen-bond donors (Lipinski definition) is 0. The van der Waals surface area contributed by atoms with Crippen molar-refractivity contribution in [3.05, 3.63) is 0 Å². The lowest BCUT2D eigenvalue weighted by molar-refractivity contribution is 0.511. The summed E-state index contributed by atoms with van der Waals surface area (Å²) in [5, 5.41) is 0. The molecule has 0 aliphatic heterocycles. The summed E-state index contributed by atoms with van der Waals surface area (Å²) < 4.78 is 16.6. The molecule has 0 unspecified atom stereocenters. The third-order valence-electron chi connectivity index (χ3n) is 0.516. The van der Waals surface area contributed by atoms with Crippen LogP contribution >= 0.6 is 0 Å². The van der Waals surface area contributed by atoms with Crippen LogP contribution in [-0.2, 0) is 4.12 Å². The fourth-order valence-electron chi connectivity index (χ4n) is 0.264. The molecule has 1 nitrogen and oxygen atoms in total. The largest absolute Gasteiger partial charge is 0.459 e. The quantitative estimate of drug-likeness (QED) is 0.429. The first-order valence-electron chi connectivity index (χ1n) is 2.72. The zero-order valence-corrected chi connectivity index (χ0v) is 7.43. The van der Waals surface area contributed by atoms with Crippen LogP contribution < -0.4 is 0 Å². The molecule has 4 heteroatoms. The first kappa shape index (κ1) is 8.32. The highest BCUT2D eigenvalue weighted by atomic mass is 28.3.